The van der Waals surface area contributed by atoms with E-state index in [9.17, 15) is 0 Å². The second-order valence-corrected chi connectivity index (χ2v) is 19.5. The van der Waals surface area contributed by atoms with E-state index in [0.29, 0.717) is 0 Å². The van der Waals surface area contributed by atoms with Gasteiger partial charge >= 0.3 is 18.6 Å². The molecule has 0 rings (SSSR count). The van der Waals surface area contributed by atoms with Gasteiger partial charge in [0.05, 0.1) is 0 Å². The Bertz CT molecular complexity index is 103. The Morgan fingerprint density at radius 3 is 0.471 bits per heavy atom. The van der Waals surface area contributed by atoms with E-state index in [0.717, 1.165) is 0 Å². The van der Waals surface area contributed by atoms with Crippen molar-refractivity contribution in [2.45, 2.75) is 58.9 Å². The smallest absolute Gasteiger partial charge is 2.00 e. The van der Waals surface area contributed by atoms with Crippen molar-refractivity contribution in [1.82, 2.24) is 0 Å². The van der Waals surface area contributed by atoms with Crippen molar-refractivity contribution in [3.05, 3.63) is 0 Å². The van der Waals surface area contributed by atoms with Gasteiger partial charge in [0.25, 0.3) is 0 Å². The minimum Gasteiger partial charge on any atom is -2.00 e. The van der Waals surface area contributed by atoms with Crippen molar-refractivity contribution >= 4 is 25.0 Å². The van der Waals surface area contributed by atoms with Gasteiger partial charge in [0, 0.05) is 0 Å². The van der Waals surface area contributed by atoms with Crippen molar-refractivity contribution in [1.29, 1.82) is 0 Å². The van der Waals surface area contributed by atoms with Crippen LogP contribution < -0.4 is 0 Å². The minimum absolute atomic E-state index is 0. The summed E-state index contributed by atoms with van der Waals surface area (Å²) >= 11 is 0. The number of hydrogen-bond donors (Lipinski definition) is 3. The van der Waals surface area contributed by atoms with Gasteiger partial charge in [-0.05, 0) is 58.9 Å². The molecule has 0 aromatic heterocycles. The fourth-order valence-electron chi connectivity index (χ4n) is 0. The SMILES string of the molecule is C[Si](C)(C)O.C[Si](C)(C)O.C[Si](C)(C)O.[O-2].[V+2]. The molecule has 107 valence electrons. The Hall–Kier alpha value is 1.08. The van der Waals surface area contributed by atoms with Gasteiger partial charge in [-0.15, -0.1) is 0 Å². The molecule has 0 aliphatic rings. The van der Waals surface area contributed by atoms with Gasteiger partial charge in [0.15, 0.2) is 25.0 Å². The van der Waals surface area contributed by atoms with Crippen LogP contribution in [0.15, 0.2) is 0 Å². The first-order chi connectivity index (χ1) is 6.00. The van der Waals surface area contributed by atoms with Gasteiger partial charge in [-0.25, -0.2) is 0 Å². The average molecular weight is 338 g/mol. The first kappa shape index (κ1) is 30.8. The van der Waals surface area contributed by atoms with Crippen LogP contribution in [0.5, 0.6) is 0 Å². The van der Waals surface area contributed by atoms with Crippen LogP contribution in [0.2, 0.25) is 58.9 Å². The summed E-state index contributed by atoms with van der Waals surface area (Å²) in [4.78, 5) is 26.0. The quantitative estimate of drug-likeness (QED) is 0.593. The molecule has 0 amide bonds. The maximum absolute atomic E-state index is 8.66. The summed E-state index contributed by atoms with van der Waals surface area (Å²) in [7, 11) is -4.83. The van der Waals surface area contributed by atoms with E-state index in [-0.39, 0.29) is 24.0 Å². The predicted molar refractivity (Wildman–Crippen MR) is 77.4 cm³/mol. The fraction of sp³-hybridized carbons (Fsp3) is 1.00. The Kier molecular flexibility index (Phi) is 22.0. The van der Waals surface area contributed by atoms with Crippen LogP contribution in [0.25, 0.3) is 0 Å². The van der Waals surface area contributed by atoms with Crippen LogP contribution in [0, 0.1) is 0 Å². The van der Waals surface area contributed by atoms with Crippen molar-refractivity contribution in [3.8, 4) is 0 Å². The van der Waals surface area contributed by atoms with E-state index in [1.165, 1.54) is 0 Å². The third-order valence-corrected chi connectivity index (χ3v) is 0. The zero-order valence-corrected chi connectivity index (χ0v) is 17.1. The summed E-state index contributed by atoms with van der Waals surface area (Å²) in [5.41, 5.74) is 0. The third-order valence-electron chi connectivity index (χ3n) is 0. The molecule has 8 heteroatoms. The molecule has 17 heavy (non-hydrogen) atoms. The minimum atomic E-state index is -1.61. The van der Waals surface area contributed by atoms with Gasteiger partial charge in [-0.3, -0.25) is 0 Å². The molecule has 0 bridgehead atoms. The summed E-state index contributed by atoms with van der Waals surface area (Å²) in [6.07, 6.45) is 0. The Balaban J connectivity index is -0.0000000400. The molecule has 1 radical (unpaired) electrons. The van der Waals surface area contributed by atoms with E-state index < -0.39 is 25.0 Å². The number of rotatable bonds is 0. The second-order valence-electron chi connectivity index (χ2n) is 6.51. The summed E-state index contributed by atoms with van der Waals surface area (Å²) in [6.45, 7) is 16.9. The van der Waals surface area contributed by atoms with Gasteiger partial charge in [0.1, 0.15) is 0 Å². The molecule has 0 fully saturated rings. The maximum Gasteiger partial charge on any atom is 2.00 e. The molecule has 0 saturated carbocycles. The van der Waals surface area contributed by atoms with E-state index >= 15 is 0 Å². The largest absolute Gasteiger partial charge is 2.00 e. The number of hydrogen-bond acceptors (Lipinski definition) is 3. The van der Waals surface area contributed by atoms with Gasteiger partial charge in [0.2, 0.25) is 0 Å². The van der Waals surface area contributed by atoms with Crippen molar-refractivity contribution in [3.63, 3.8) is 0 Å². The third kappa shape index (κ3) is 3360. The molecule has 3 N–H and O–H groups in total. The molecule has 0 saturated heterocycles. The second kappa shape index (κ2) is 12.1. The van der Waals surface area contributed by atoms with Crippen LogP contribution in [-0.4, -0.2) is 39.3 Å². The monoisotopic (exact) mass is 337 g/mol. The maximum atomic E-state index is 8.66. The van der Waals surface area contributed by atoms with Crippen LogP contribution in [-0.2, 0) is 24.0 Å². The molecule has 0 aliphatic heterocycles. The van der Waals surface area contributed by atoms with Crippen LogP contribution >= 0.6 is 0 Å². The van der Waals surface area contributed by atoms with Gasteiger partial charge in [-0.1, -0.05) is 0 Å². The van der Waals surface area contributed by atoms with Crippen LogP contribution in [0.3, 0.4) is 0 Å². The molecule has 0 aromatic carbocycles. The molecule has 0 spiro atoms. The van der Waals surface area contributed by atoms with Gasteiger partial charge in [-0.2, -0.15) is 0 Å². The summed E-state index contributed by atoms with van der Waals surface area (Å²) < 4.78 is 0. The summed E-state index contributed by atoms with van der Waals surface area (Å²) in [5, 5.41) is 0. The van der Waals surface area contributed by atoms with Crippen LogP contribution in [0.1, 0.15) is 0 Å². The van der Waals surface area contributed by atoms with E-state index in [4.69, 9.17) is 14.4 Å². The fourth-order valence-corrected chi connectivity index (χ4v) is 0. The van der Waals surface area contributed by atoms with Crippen LogP contribution in [0.4, 0.5) is 0 Å². The zero-order valence-electron chi connectivity index (χ0n) is 12.7. The Morgan fingerprint density at radius 1 is 0.471 bits per heavy atom. The Labute approximate surface area is 122 Å². The molecule has 4 nitrogen and oxygen atoms in total. The van der Waals surface area contributed by atoms with E-state index in [2.05, 4.69) is 0 Å². The standard InChI is InChI=1S/3C3H10OSi.O.V/c3*1-5(2,3)4;;/h3*4H,1-3H3;;/q;;;-2;+2. The molecular weight excluding hydrogens is 307 g/mol. The topological polar surface area (TPSA) is 89.2 Å². The molecular formula is C9H30O4Si3V. The first-order valence-electron chi connectivity index (χ1n) is 5.17. The molecule has 0 aliphatic carbocycles. The first-order valence-corrected chi connectivity index (χ1v) is 15.5. The van der Waals surface area contributed by atoms with Crippen molar-refractivity contribution in [2.75, 3.05) is 0 Å². The molecule has 0 aromatic rings. The predicted octanol–water partition coefficient (Wildman–Crippen LogP) is 2.32. The molecule has 0 heterocycles. The van der Waals surface area contributed by atoms with E-state index in [1.807, 2.05) is 58.9 Å². The van der Waals surface area contributed by atoms with Crippen molar-refractivity contribution in [2.24, 2.45) is 0 Å². The zero-order chi connectivity index (χ0) is 13.5. The summed E-state index contributed by atoms with van der Waals surface area (Å²) in [5.74, 6) is 0. The molecule has 0 unspecified atom stereocenters. The average Bonchev–Trinajstić information content (AvgIpc) is 1.41. The molecule has 0 atom stereocenters. The summed E-state index contributed by atoms with van der Waals surface area (Å²) in [6, 6.07) is 0. The Morgan fingerprint density at radius 2 is 0.471 bits per heavy atom. The normalized spacial score (nSPS) is 10.6. The van der Waals surface area contributed by atoms with Gasteiger partial charge < -0.3 is 19.9 Å². The van der Waals surface area contributed by atoms with E-state index in [1.54, 1.807) is 0 Å². The van der Waals surface area contributed by atoms with Crippen molar-refractivity contribution < 1.29 is 38.4 Å².